The van der Waals surface area contributed by atoms with E-state index in [2.05, 4.69) is 5.32 Å². The monoisotopic (exact) mass is 394 g/mol. The molecule has 5 nitrogen and oxygen atoms in total. The smallest absolute Gasteiger partial charge is 0.264 e. The predicted octanol–water partition coefficient (Wildman–Crippen LogP) is 3.70. The van der Waals surface area contributed by atoms with E-state index < -0.39 is 10.0 Å². The minimum absolute atomic E-state index is 0.0665. The van der Waals surface area contributed by atoms with E-state index in [-0.39, 0.29) is 29.3 Å². The van der Waals surface area contributed by atoms with E-state index in [9.17, 15) is 13.2 Å². The Morgan fingerprint density at radius 1 is 1.08 bits per heavy atom. The molecule has 2 rings (SSSR count). The van der Waals surface area contributed by atoms with E-state index in [0.29, 0.717) is 10.7 Å². The molecular formula is C19H23ClN2O3S. The van der Waals surface area contributed by atoms with Crippen LogP contribution in [0.3, 0.4) is 0 Å². The number of amides is 1. The molecule has 0 spiro atoms. The van der Waals surface area contributed by atoms with Crippen molar-refractivity contribution in [1.82, 2.24) is 5.32 Å². The van der Waals surface area contributed by atoms with E-state index in [1.54, 1.807) is 36.4 Å². The number of anilines is 1. The largest absolute Gasteiger partial charge is 0.352 e. The molecule has 0 heterocycles. The minimum Gasteiger partial charge on any atom is -0.352 e. The van der Waals surface area contributed by atoms with Crippen LogP contribution in [0.1, 0.15) is 20.8 Å². The number of sulfonamides is 1. The Hall–Kier alpha value is -2.05. The van der Waals surface area contributed by atoms with E-state index in [0.717, 1.165) is 4.31 Å². The molecule has 0 bridgehead atoms. The molecule has 2 aromatic rings. The number of carbonyl (C=O) groups excluding carboxylic acids is 1. The first-order valence-electron chi connectivity index (χ1n) is 8.34. The van der Waals surface area contributed by atoms with Crippen LogP contribution in [0.25, 0.3) is 0 Å². The number of nitrogens with one attached hydrogen (secondary N) is 1. The van der Waals surface area contributed by atoms with E-state index in [4.69, 9.17) is 11.6 Å². The molecule has 7 heteroatoms. The summed E-state index contributed by atoms with van der Waals surface area (Å²) in [6, 6.07) is 14.4. The van der Waals surface area contributed by atoms with Crippen LogP contribution >= 0.6 is 11.6 Å². The summed E-state index contributed by atoms with van der Waals surface area (Å²) in [4.78, 5) is 12.6. The minimum atomic E-state index is -3.91. The molecule has 0 aliphatic heterocycles. The molecule has 0 saturated carbocycles. The summed E-state index contributed by atoms with van der Waals surface area (Å²) in [6.45, 7) is 5.54. The third-order valence-electron chi connectivity index (χ3n) is 4.10. The summed E-state index contributed by atoms with van der Waals surface area (Å²) in [5, 5.41) is 3.23. The Kier molecular flexibility index (Phi) is 6.67. The van der Waals surface area contributed by atoms with Crippen LogP contribution < -0.4 is 9.62 Å². The van der Waals surface area contributed by atoms with Crippen molar-refractivity contribution in [3.63, 3.8) is 0 Å². The molecule has 2 aromatic carbocycles. The maximum Gasteiger partial charge on any atom is 0.264 e. The number of rotatable bonds is 7. The molecule has 26 heavy (non-hydrogen) atoms. The van der Waals surface area contributed by atoms with Crippen LogP contribution in [0.5, 0.6) is 0 Å². The van der Waals surface area contributed by atoms with Gasteiger partial charge in [-0.15, -0.1) is 0 Å². The fourth-order valence-corrected chi connectivity index (χ4v) is 3.88. The van der Waals surface area contributed by atoms with Crippen molar-refractivity contribution in [2.75, 3.05) is 10.8 Å². The third-order valence-corrected chi connectivity index (χ3v) is 6.13. The lowest BCUT2D eigenvalue weighted by atomic mass is 10.1. The molecule has 0 aliphatic rings. The molecule has 140 valence electrons. The summed E-state index contributed by atoms with van der Waals surface area (Å²) in [7, 11) is -3.91. The van der Waals surface area contributed by atoms with Crippen LogP contribution in [-0.4, -0.2) is 26.9 Å². The molecule has 0 fully saturated rings. The van der Waals surface area contributed by atoms with Gasteiger partial charge in [0, 0.05) is 11.1 Å². The average Bonchev–Trinajstić information content (AvgIpc) is 2.60. The highest BCUT2D eigenvalue weighted by Gasteiger charge is 2.27. The Labute approximate surface area is 160 Å². The zero-order valence-electron chi connectivity index (χ0n) is 15.0. The van der Waals surface area contributed by atoms with Crippen molar-refractivity contribution in [2.45, 2.75) is 31.7 Å². The molecule has 0 aromatic heterocycles. The summed E-state index contributed by atoms with van der Waals surface area (Å²) < 4.78 is 27.3. The zero-order chi connectivity index (χ0) is 19.3. The van der Waals surface area contributed by atoms with Gasteiger partial charge in [0.1, 0.15) is 6.54 Å². The first-order valence-corrected chi connectivity index (χ1v) is 10.2. The van der Waals surface area contributed by atoms with Gasteiger partial charge in [-0.05, 0) is 43.2 Å². The van der Waals surface area contributed by atoms with Gasteiger partial charge in [-0.3, -0.25) is 9.10 Å². The van der Waals surface area contributed by atoms with Gasteiger partial charge in [0.15, 0.2) is 0 Å². The second kappa shape index (κ2) is 8.56. The number of hydrogen-bond donors (Lipinski definition) is 1. The quantitative estimate of drug-likeness (QED) is 0.778. The topological polar surface area (TPSA) is 66.5 Å². The van der Waals surface area contributed by atoms with Crippen molar-refractivity contribution in [1.29, 1.82) is 0 Å². The van der Waals surface area contributed by atoms with Crippen LogP contribution in [0, 0.1) is 5.92 Å². The highest BCUT2D eigenvalue weighted by atomic mass is 35.5. The Morgan fingerprint density at radius 2 is 1.73 bits per heavy atom. The number of nitrogens with zero attached hydrogens (tertiary/aromatic N) is 1. The van der Waals surface area contributed by atoms with Crippen LogP contribution in [0.15, 0.2) is 59.5 Å². The van der Waals surface area contributed by atoms with Crippen molar-refractivity contribution < 1.29 is 13.2 Å². The lowest BCUT2D eigenvalue weighted by Gasteiger charge is -2.26. The zero-order valence-corrected chi connectivity index (χ0v) is 16.6. The Bertz CT molecular complexity index is 854. The molecule has 0 saturated heterocycles. The molecule has 0 radical (unpaired) electrons. The van der Waals surface area contributed by atoms with Gasteiger partial charge in [0.2, 0.25) is 5.91 Å². The SMILES string of the molecule is CC(C)[C@@H](C)NC(=O)CN(c1cccc(Cl)c1)S(=O)(=O)c1ccccc1. The van der Waals surface area contributed by atoms with Gasteiger partial charge in [-0.1, -0.05) is 49.7 Å². The van der Waals surface area contributed by atoms with Crippen molar-refractivity contribution in [2.24, 2.45) is 5.92 Å². The fraction of sp³-hybridized carbons (Fsp3) is 0.316. The Morgan fingerprint density at radius 3 is 2.31 bits per heavy atom. The standard InChI is InChI=1S/C19H23ClN2O3S/c1-14(2)15(3)21-19(23)13-22(17-9-7-8-16(20)12-17)26(24,25)18-10-5-4-6-11-18/h4-12,14-15H,13H2,1-3H3,(H,21,23)/t15-/m1/s1. The second-order valence-electron chi connectivity index (χ2n) is 6.40. The van der Waals surface area contributed by atoms with Gasteiger partial charge in [0.05, 0.1) is 10.6 Å². The maximum absolute atomic E-state index is 13.1. The van der Waals surface area contributed by atoms with Gasteiger partial charge in [-0.25, -0.2) is 8.42 Å². The molecule has 0 aliphatic carbocycles. The van der Waals surface area contributed by atoms with Gasteiger partial charge in [0.25, 0.3) is 10.0 Å². The summed E-state index contributed by atoms with van der Waals surface area (Å²) in [5.41, 5.74) is 0.341. The van der Waals surface area contributed by atoms with E-state index in [1.807, 2.05) is 20.8 Å². The van der Waals surface area contributed by atoms with E-state index >= 15 is 0 Å². The van der Waals surface area contributed by atoms with Crippen molar-refractivity contribution in [3.8, 4) is 0 Å². The first-order chi connectivity index (χ1) is 12.2. The lowest BCUT2D eigenvalue weighted by molar-refractivity contribution is -0.120. The van der Waals surface area contributed by atoms with Crippen LogP contribution in [0.2, 0.25) is 5.02 Å². The van der Waals surface area contributed by atoms with Crippen LogP contribution in [-0.2, 0) is 14.8 Å². The summed E-state index contributed by atoms with van der Waals surface area (Å²) in [5.74, 6) is -0.130. The highest BCUT2D eigenvalue weighted by molar-refractivity contribution is 7.92. The highest BCUT2D eigenvalue weighted by Crippen LogP contribution is 2.26. The number of carbonyl (C=O) groups is 1. The number of hydrogen-bond acceptors (Lipinski definition) is 3. The third kappa shape index (κ3) is 4.99. The van der Waals surface area contributed by atoms with Crippen LogP contribution in [0.4, 0.5) is 5.69 Å². The normalized spacial score (nSPS) is 12.7. The predicted molar refractivity (Wildman–Crippen MR) is 105 cm³/mol. The van der Waals surface area contributed by atoms with Gasteiger partial charge in [-0.2, -0.15) is 0 Å². The Balaban J connectivity index is 2.39. The molecule has 0 unspecified atom stereocenters. The maximum atomic E-state index is 13.1. The number of benzene rings is 2. The molecule has 1 amide bonds. The lowest BCUT2D eigenvalue weighted by Crippen LogP contribution is -2.45. The van der Waals surface area contributed by atoms with Gasteiger partial charge >= 0.3 is 0 Å². The van der Waals surface area contributed by atoms with Crippen molar-refractivity contribution in [3.05, 3.63) is 59.6 Å². The number of halogens is 1. The fourth-order valence-electron chi connectivity index (χ4n) is 2.26. The summed E-state index contributed by atoms with van der Waals surface area (Å²) in [6.07, 6.45) is 0. The second-order valence-corrected chi connectivity index (χ2v) is 8.70. The average molecular weight is 395 g/mol. The van der Waals surface area contributed by atoms with Gasteiger partial charge < -0.3 is 5.32 Å². The molecule has 1 N–H and O–H groups in total. The summed E-state index contributed by atoms with van der Waals surface area (Å²) >= 11 is 6.03. The molecular weight excluding hydrogens is 372 g/mol. The van der Waals surface area contributed by atoms with Crippen molar-refractivity contribution >= 4 is 33.2 Å². The first kappa shape index (κ1) is 20.3. The molecule has 1 atom stereocenters. The van der Waals surface area contributed by atoms with E-state index in [1.165, 1.54) is 18.2 Å².